The van der Waals surface area contributed by atoms with Crippen molar-refractivity contribution in [2.24, 2.45) is 0 Å². The van der Waals surface area contributed by atoms with Gasteiger partial charge in [0, 0.05) is 11.1 Å². The predicted molar refractivity (Wildman–Crippen MR) is 81.6 cm³/mol. The normalized spacial score (nSPS) is 11.7. The molecule has 0 aliphatic heterocycles. The Hall–Kier alpha value is -2.18. The van der Waals surface area contributed by atoms with E-state index in [-0.39, 0.29) is 12.4 Å². The first-order valence-corrected chi connectivity index (χ1v) is 7.36. The number of hydrogen-bond acceptors (Lipinski definition) is 3. The molecule has 2 aromatic carbocycles. The van der Waals surface area contributed by atoms with Crippen molar-refractivity contribution in [3.8, 4) is 5.75 Å². The van der Waals surface area contributed by atoms with Crippen LogP contribution in [0.2, 0.25) is 0 Å². The molecule has 0 fully saturated rings. The minimum Gasteiger partial charge on any atom is -0.489 e. The molecule has 5 nitrogen and oxygen atoms in total. The number of ether oxygens (including phenoxy) is 1. The summed E-state index contributed by atoms with van der Waals surface area (Å²) in [6.07, 6.45) is 0. The SMILES string of the molecule is CC(=O)c1ccc(NS(=O)O)c(COc2ccccc2)c1. The summed E-state index contributed by atoms with van der Waals surface area (Å²) in [5.74, 6) is 0.606. The summed E-state index contributed by atoms with van der Waals surface area (Å²) in [6.45, 7) is 1.65. The van der Waals surface area contributed by atoms with E-state index in [9.17, 15) is 9.00 Å². The van der Waals surface area contributed by atoms with Gasteiger partial charge in [0.05, 0.1) is 5.69 Å². The van der Waals surface area contributed by atoms with Gasteiger partial charge in [0.15, 0.2) is 5.78 Å². The first kappa shape index (κ1) is 15.2. The molecule has 0 bridgehead atoms. The van der Waals surface area contributed by atoms with Crippen LogP contribution >= 0.6 is 0 Å². The molecule has 0 aromatic heterocycles. The number of rotatable bonds is 6. The molecule has 6 heteroatoms. The summed E-state index contributed by atoms with van der Waals surface area (Å²) in [4.78, 5) is 11.4. The van der Waals surface area contributed by atoms with Crippen molar-refractivity contribution in [1.29, 1.82) is 0 Å². The fraction of sp³-hybridized carbons (Fsp3) is 0.133. The second-order valence-electron chi connectivity index (χ2n) is 4.38. The minimum absolute atomic E-state index is 0.0763. The van der Waals surface area contributed by atoms with Gasteiger partial charge in [-0.1, -0.05) is 18.2 Å². The highest BCUT2D eigenvalue weighted by Gasteiger charge is 2.09. The lowest BCUT2D eigenvalue weighted by Gasteiger charge is -2.12. The van der Waals surface area contributed by atoms with Gasteiger partial charge in [-0.25, -0.2) is 4.21 Å². The summed E-state index contributed by atoms with van der Waals surface area (Å²) < 4.78 is 27.9. The fourth-order valence-corrected chi connectivity index (χ4v) is 2.19. The first-order valence-electron chi connectivity index (χ1n) is 6.25. The minimum atomic E-state index is -2.18. The van der Waals surface area contributed by atoms with Crippen molar-refractivity contribution < 1.29 is 18.3 Å². The van der Waals surface area contributed by atoms with Crippen LogP contribution < -0.4 is 9.46 Å². The maximum Gasteiger partial charge on any atom is 0.259 e. The molecular weight excluding hydrogens is 290 g/mol. The zero-order valence-electron chi connectivity index (χ0n) is 11.4. The Morgan fingerprint density at radius 1 is 1.24 bits per heavy atom. The van der Waals surface area contributed by atoms with Gasteiger partial charge < -0.3 is 4.74 Å². The number of carbonyl (C=O) groups is 1. The molecule has 21 heavy (non-hydrogen) atoms. The van der Waals surface area contributed by atoms with Gasteiger partial charge >= 0.3 is 0 Å². The third-order valence-electron chi connectivity index (χ3n) is 2.85. The van der Waals surface area contributed by atoms with E-state index >= 15 is 0 Å². The molecule has 0 amide bonds. The lowest BCUT2D eigenvalue weighted by atomic mass is 10.1. The molecule has 0 heterocycles. The maximum atomic E-state index is 11.4. The van der Waals surface area contributed by atoms with Crippen molar-refractivity contribution in [1.82, 2.24) is 0 Å². The fourth-order valence-electron chi connectivity index (χ4n) is 1.80. The third kappa shape index (κ3) is 4.40. The second-order valence-corrected chi connectivity index (χ2v) is 5.08. The van der Waals surface area contributed by atoms with Crippen LogP contribution in [-0.2, 0) is 17.9 Å². The van der Waals surface area contributed by atoms with E-state index < -0.39 is 11.3 Å². The van der Waals surface area contributed by atoms with Gasteiger partial charge in [-0.3, -0.25) is 14.1 Å². The Labute approximate surface area is 125 Å². The van der Waals surface area contributed by atoms with E-state index in [2.05, 4.69) is 4.72 Å². The van der Waals surface area contributed by atoms with Crippen LogP contribution in [0, 0.1) is 0 Å². The smallest absolute Gasteiger partial charge is 0.259 e. The van der Waals surface area contributed by atoms with Crippen LogP contribution in [0.4, 0.5) is 5.69 Å². The molecule has 0 aliphatic carbocycles. The van der Waals surface area contributed by atoms with Gasteiger partial charge in [0.25, 0.3) is 11.3 Å². The number of Topliss-reactive ketones (excluding diaryl/α,β-unsaturated/α-hetero) is 1. The zero-order valence-corrected chi connectivity index (χ0v) is 12.2. The number of para-hydroxylation sites is 1. The largest absolute Gasteiger partial charge is 0.489 e. The molecule has 0 saturated heterocycles. The molecule has 1 unspecified atom stereocenters. The molecular formula is C15H15NO4S. The molecule has 2 N–H and O–H groups in total. The number of carbonyl (C=O) groups excluding carboxylic acids is 1. The number of ketones is 1. The van der Waals surface area contributed by atoms with Crippen molar-refractivity contribution >= 4 is 22.7 Å². The summed E-state index contributed by atoms with van der Waals surface area (Å²) >= 11 is -2.18. The highest BCUT2D eigenvalue weighted by molar-refractivity contribution is 7.80. The number of anilines is 1. The Balaban J connectivity index is 2.23. The van der Waals surface area contributed by atoms with E-state index in [1.54, 1.807) is 18.2 Å². The summed E-state index contributed by atoms with van der Waals surface area (Å²) in [5, 5.41) is 0. The third-order valence-corrected chi connectivity index (χ3v) is 3.24. The predicted octanol–water partition coefficient (Wildman–Crippen LogP) is 3.02. The number of hydrogen-bond donors (Lipinski definition) is 2. The molecule has 0 spiro atoms. The number of benzene rings is 2. The first-order chi connectivity index (χ1) is 10.1. The Kier molecular flexibility index (Phi) is 5.08. The van der Waals surface area contributed by atoms with Crippen LogP contribution in [0.1, 0.15) is 22.8 Å². The van der Waals surface area contributed by atoms with Crippen molar-refractivity contribution in [2.75, 3.05) is 4.72 Å². The van der Waals surface area contributed by atoms with Gasteiger partial charge in [0.2, 0.25) is 0 Å². The zero-order chi connectivity index (χ0) is 15.2. The maximum absolute atomic E-state index is 11.4. The van der Waals surface area contributed by atoms with Crippen molar-refractivity contribution in [2.45, 2.75) is 13.5 Å². The highest BCUT2D eigenvalue weighted by Crippen LogP contribution is 2.21. The monoisotopic (exact) mass is 305 g/mol. The highest BCUT2D eigenvalue weighted by atomic mass is 32.2. The number of nitrogens with one attached hydrogen (secondary N) is 1. The average Bonchev–Trinajstić information content (AvgIpc) is 2.46. The van der Waals surface area contributed by atoms with E-state index in [0.29, 0.717) is 22.6 Å². The lowest BCUT2D eigenvalue weighted by Crippen LogP contribution is -2.08. The van der Waals surface area contributed by atoms with Crippen LogP contribution in [0.3, 0.4) is 0 Å². The lowest BCUT2D eigenvalue weighted by molar-refractivity contribution is 0.101. The molecule has 0 radical (unpaired) electrons. The van der Waals surface area contributed by atoms with Gasteiger partial charge in [-0.2, -0.15) is 0 Å². The molecule has 2 aromatic rings. The standard InChI is InChI=1S/C15H15NO4S/c1-11(17)12-7-8-15(16-21(18)19)13(9-12)10-20-14-5-3-2-4-6-14/h2-9,16H,10H2,1H3,(H,18,19). The van der Waals surface area contributed by atoms with Crippen molar-refractivity contribution in [3.63, 3.8) is 0 Å². The van der Waals surface area contributed by atoms with E-state index in [0.717, 1.165) is 0 Å². The van der Waals surface area contributed by atoms with Crippen LogP contribution in [0.25, 0.3) is 0 Å². The Bertz CT molecular complexity index is 658. The van der Waals surface area contributed by atoms with Crippen LogP contribution in [0.5, 0.6) is 5.75 Å². The van der Waals surface area contributed by atoms with E-state index in [1.165, 1.54) is 6.92 Å². The van der Waals surface area contributed by atoms with Gasteiger partial charge in [-0.05, 0) is 37.3 Å². The molecule has 0 aliphatic rings. The average molecular weight is 305 g/mol. The second kappa shape index (κ2) is 7.01. The van der Waals surface area contributed by atoms with Crippen LogP contribution in [0.15, 0.2) is 48.5 Å². The Morgan fingerprint density at radius 3 is 2.57 bits per heavy atom. The Morgan fingerprint density at radius 2 is 1.95 bits per heavy atom. The van der Waals surface area contributed by atoms with Crippen molar-refractivity contribution in [3.05, 3.63) is 59.7 Å². The van der Waals surface area contributed by atoms with Gasteiger partial charge in [-0.15, -0.1) is 0 Å². The van der Waals surface area contributed by atoms with Crippen LogP contribution in [-0.4, -0.2) is 14.5 Å². The molecule has 0 saturated carbocycles. The van der Waals surface area contributed by atoms with Gasteiger partial charge in [0.1, 0.15) is 12.4 Å². The summed E-state index contributed by atoms with van der Waals surface area (Å²) in [5.41, 5.74) is 1.61. The van der Waals surface area contributed by atoms with E-state index in [1.807, 2.05) is 30.3 Å². The molecule has 2 rings (SSSR count). The summed E-state index contributed by atoms with van der Waals surface area (Å²) in [6, 6.07) is 14.1. The quantitative estimate of drug-likeness (QED) is 0.635. The molecule has 110 valence electrons. The van der Waals surface area contributed by atoms with E-state index in [4.69, 9.17) is 9.29 Å². The molecule has 1 atom stereocenters. The topological polar surface area (TPSA) is 75.6 Å². The summed E-state index contributed by atoms with van der Waals surface area (Å²) in [7, 11) is 0.